The van der Waals surface area contributed by atoms with Gasteiger partial charge in [-0.2, -0.15) is 0 Å². The van der Waals surface area contributed by atoms with Gasteiger partial charge in [0.2, 0.25) is 0 Å². The lowest BCUT2D eigenvalue weighted by molar-refractivity contribution is -0.137. The first-order valence-corrected chi connectivity index (χ1v) is 13.4. The van der Waals surface area contributed by atoms with Crippen LogP contribution in [0.4, 0.5) is 0 Å². The second-order valence-electron chi connectivity index (χ2n) is 10.3. The minimum Gasteiger partial charge on any atom is -0.391 e. The van der Waals surface area contributed by atoms with Crippen LogP contribution in [0.3, 0.4) is 0 Å². The zero-order chi connectivity index (χ0) is 31.5. The smallest absolute Gasteiger partial charge is 0.251 e. The van der Waals surface area contributed by atoms with E-state index in [9.17, 15) is 45.0 Å². The Balaban J connectivity index is -0.000000243. The molecular weight excluding hydrogens is 526 g/mol. The monoisotopic (exact) mass is 585 g/mol. The number of amides is 3. The van der Waals surface area contributed by atoms with Gasteiger partial charge in [-0.05, 0) is 30.6 Å². The molecular formula is C27H59N3O10. The molecule has 7 atom stereocenters. The van der Waals surface area contributed by atoms with Gasteiger partial charge in [-0.25, -0.2) is 0 Å². The third kappa shape index (κ3) is 20.1. The van der Waals surface area contributed by atoms with E-state index in [4.69, 9.17) is 5.11 Å². The summed E-state index contributed by atoms with van der Waals surface area (Å²) in [6, 6.07) is 0. The summed E-state index contributed by atoms with van der Waals surface area (Å²) in [7, 11) is 1.42. The van der Waals surface area contributed by atoms with Gasteiger partial charge in [0.25, 0.3) is 17.7 Å². The van der Waals surface area contributed by atoms with E-state index in [1.807, 2.05) is 6.92 Å². The molecule has 0 fully saturated rings. The van der Waals surface area contributed by atoms with Gasteiger partial charge in [0.15, 0.2) is 18.3 Å². The highest BCUT2D eigenvalue weighted by Crippen LogP contribution is 2.07. The number of carbonyl (C=O) groups excluding carboxylic acids is 3. The predicted octanol–water partition coefficient (Wildman–Crippen LogP) is -1.11. The van der Waals surface area contributed by atoms with Gasteiger partial charge in [-0.3, -0.25) is 14.4 Å². The van der Waals surface area contributed by atoms with E-state index in [1.54, 1.807) is 48.5 Å². The average molecular weight is 586 g/mol. The largest absolute Gasteiger partial charge is 0.391 e. The Bertz CT molecular complexity index is 664. The van der Waals surface area contributed by atoms with E-state index in [1.165, 1.54) is 7.05 Å². The molecule has 13 heteroatoms. The SMILES string of the molecule is C.CCC(O)CNC(=O)[C@H](O)[C@@H](O)C(C)C.CCCNC(=O)[C@H](O)[C@@H](O)C(C)C.CNC(=O)[C@H](O)[C@@H](O)C(C)C. The summed E-state index contributed by atoms with van der Waals surface area (Å²) in [5.41, 5.74) is 0. The molecule has 3 amide bonds. The van der Waals surface area contributed by atoms with Crippen molar-refractivity contribution in [3.8, 4) is 0 Å². The molecule has 0 aliphatic heterocycles. The Morgan fingerprint density at radius 2 is 0.925 bits per heavy atom. The van der Waals surface area contributed by atoms with Crippen LogP contribution in [0.15, 0.2) is 0 Å². The zero-order valence-corrected chi connectivity index (χ0v) is 25.0. The number of hydrogen-bond donors (Lipinski definition) is 10. The summed E-state index contributed by atoms with van der Waals surface area (Å²) in [5.74, 6) is -2.13. The summed E-state index contributed by atoms with van der Waals surface area (Å²) in [6.45, 7) is 14.7. The van der Waals surface area contributed by atoms with Gasteiger partial charge >= 0.3 is 0 Å². The van der Waals surface area contributed by atoms with E-state index in [0.717, 1.165) is 6.42 Å². The first-order valence-electron chi connectivity index (χ1n) is 13.4. The fourth-order valence-corrected chi connectivity index (χ4v) is 2.53. The van der Waals surface area contributed by atoms with Crippen molar-refractivity contribution in [2.24, 2.45) is 17.8 Å². The number of nitrogens with one attached hydrogen (secondary N) is 3. The normalized spacial score (nSPS) is 16.0. The minimum absolute atomic E-state index is 0. The maximum absolute atomic E-state index is 11.3. The molecule has 0 saturated heterocycles. The van der Waals surface area contributed by atoms with Gasteiger partial charge < -0.3 is 51.7 Å². The highest BCUT2D eigenvalue weighted by molar-refractivity contribution is 5.81. The van der Waals surface area contributed by atoms with Crippen molar-refractivity contribution >= 4 is 17.7 Å². The molecule has 10 N–H and O–H groups in total. The predicted molar refractivity (Wildman–Crippen MR) is 154 cm³/mol. The molecule has 0 aliphatic carbocycles. The molecule has 0 spiro atoms. The van der Waals surface area contributed by atoms with Crippen LogP contribution in [0.5, 0.6) is 0 Å². The molecule has 1 unspecified atom stereocenters. The third-order valence-corrected chi connectivity index (χ3v) is 5.60. The summed E-state index contributed by atoms with van der Waals surface area (Å²) in [5, 5.41) is 72.1. The molecule has 0 heterocycles. The number of aliphatic hydroxyl groups is 7. The van der Waals surface area contributed by atoms with Crippen LogP contribution in [0.1, 0.15) is 75.7 Å². The molecule has 0 rings (SSSR count). The van der Waals surface area contributed by atoms with Crippen LogP contribution >= 0.6 is 0 Å². The van der Waals surface area contributed by atoms with Crippen LogP contribution < -0.4 is 16.0 Å². The second kappa shape index (κ2) is 24.9. The standard InChI is InChI=1S/C10H21NO4.C9H19NO3.C7H15NO3.CH4/c1-4-7(12)5-11-10(15)9(14)8(13)6(2)3;1-4-5-10-9(13)8(12)7(11)6(2)3;1-4(2)5(9)6(10)7(11)8-3;/h6-9,12-14H,4-5H2,1-3H3,(H,11,15);6-8,11-12H,4-5H2,1-3H3,(H,10,13);4-6,9-10H,1-3H3,(H,8,11);1H4/t7?,8-,9+;7-,8+;5-,6+;/m000./s1. The van der Waals surface area contributed by atoms with Crippen molar-refractivity contribution in [3.05, 3.63) is 0 Å². The summed E-state index contributed by atoms with van der Waals surface area (Å²) >= 11 is 0. The number of aliphatic hydroxyl groups excluding tert-OH is 7. The van der Waals surface area contributed by atoms with Crippen molar-refractivity contribution < 1.29 is 50.1 Å². The molecule has 0 bridgehead atoms. The topological polar surface area (TPSA) is 229 Å². The Morgan fingerprint density at radius 1 is 0.600 bits per heavy atom. The van der Waals surface area contributed by atoms with E-state index in [-0.39, 0.29) is 31.7 Å². The van der Waals surface area contributed by atoms with Gasteiger partial charge in [0.05, 0.1) is 24.4 Å². The van der Waals surface area contributed by atoms with E-state index < -0.39 is 60.4 Å². The average Bonchev–Trinajstić information content (AvgIpc) is 2.91. The molecule has 13 nitrogen and oxygen atoms in total. The van der Waals surface area contributed by atoms with Crippen LogP contribution in [-0.2, 0) is 14.4 Å². The quantitative estimate of drug-likeness (QED) is 0.118. The molecule has 0 aliphatic rings. The number of likely N-dealkylation sites (N-methyl/N-ethyl adjacent to an activating group) is 1. The van der Waals surface area contributed by atoms with Gasteiger partial charge in [0.1, 0.15) is 0 Å². The maximum atomic E-state index is 11.3. The molecule has 0 aromatic rings. The van der Waals surface area contributed by atoms with Crippen molar-refractivity contribution in [2.45, 2.75) is 118 Å². The molecule has 242 valence electrons. The van der Waals surface area contributed by atoms with E-state index in [0.29, 0.717) is 13.0 Å². The molecule has 0 aromatic carbocycles. The van der Waals surface area contributed by atoms with E-state index in [2.05, 4.69) is 16.0 Å². The van der Waals surface area contributed by atoms with Gasteiger partial charge in [-0.15, -0.1) is 0 Å². The highest BCUT2D eigenvalue weighted by Gasteiger charge is 2.27. The minimum atomic E-state index is -1.44. The van der Waals surface area contributed by atoms with Crippen LogP contribution in [-0.4, -0.2) is 116 Å². The van der Waals surface area contributed by atoms with Crippen molar-refractivity contribution in [1.29, 1.82) is 0 Å². The van der Waals surface area contributed by atoms with Gasteiger partial charge in [-0.1, -0.05) is 62.8 Å². The Labute approximate surface area is 240 Å². The molecule has 0 radical (unpaired) electrons. The summed E-state index contributed by atoms with van der Waals surface area (Å²) < 4.78 is 0. The zero-order valence-electron chi connectivity index (χ0n) is 25.0. The first-order chi connectivity index (χ1) is 17.9. The lowest BCUT2D eigenvalue weighted by Crippen LogP contribution is -2.46. The Kier molecular flexibility index (Phi) is 28.1. The van der Waals surface area contributed by atoms with Crippen LogP contribution in [0, 0.1) is 17.8 Å². The van der Waals surface area contributed by atoms with E-state index >= 15 is 0 Å². The molecule has 0 saturated carbocycles. The Morgan fingerprint density at radius 3 is 1.20 bits per heavy atom. The van der Waals surface area contributed by atoms with Crippen LogP contribution in [0.2, 0.25) is 0 Å². The number of hydrogen-bond acceptors (Lipinski definition) is 10. The fraction of sp³-hybridized carbons (Fsp3) is 0.889. The maximum Gasteiger partial charge on any atom is 0.251 e. The van der Waals surface area contributed by atoms with Crippen molar-refractivity contribution in [1.82, 2.24) is 16.0 Å². The number of rotatable bonds is 14. The Hall–Kier alpha value is -1.87. The summed E-state index contributed by atoms with van der Waals surface area (Å²) in [4.78, 5) is 33.1. The summed E-state index contributed by atoms with van der Waals surface area (Å²) in [6.07, 6.45) is -6.40. The van der Waals surface area contributed by atoms with Crippen LogP contribution in [0.25, 0.3) is 0 Å². The molecule has 40 heavy (non-hydrogen) atoms. The number of carbonyl (C=O) groups is 3. The van der Waals surface area contributed by atoms with Gasteiger partial charge in [0, 0.05) is 20.1 Å². The van der Waals surface area contributed by atoms with Crippen molar-refractivity contribution in [3.63, 3.8) is 0 Å². The molecule has 0 aromatic heterocycles. The first kappa shape index (κ1) is 45.1. The lowest BCUT2D eigenvalue weighted by atomic mass is 10.0. The second-order valence-corrected chi connectivity index (χ2v) is 10.3. The van der Waals surface area contributed by atoms with Crippen molar-refractivity contribution in [2.75, 3.05) is 20.1 Å². The third-order valence-electron chi connectivity index (χ3n) is 5.60. The lowest BCUT2D eigenvalue weighted by Gasteiger charge is -2.20. The fourth-order valence-electron chi connectivity index (χ4n) is 2.53. The highest BCUT2D eigenvalue weighted by atomic mass is 16.3.